The van der Waals surface area contributed by atoms with Crippen LogP contribution < -0.4 is 16.4 Å². The summed E-state index contributed by atoms with van der Waals surface area (Å²) in [6.07, 6.45) is 0. The highest BCUT2D eigenvalue weighted by atomic mass is 35.5. The molecule has 0 atom stereocenters. The van der Waals surface area contributed by atoms with Crippen LogP contribution in [-0.4, -0.2) is 19.5 Å². The first kappa shape index (κ1) is 10.7. The Morgan fingerprint density at radius 2 is 2.21 bits per heavy atom. The van der Waals surface area contributed by atoms with E-state index >= 15 is 0 Å². The van der Waals surface area contributed by atoms with E-state index in [9.17, 15) is 4.79 Å². The molecule has 14 heavy (non-hydrogen) atoms. The first-order chi connectivity index (χ1) is 6.52. The lowest BCUT2D eigenvalue weighted by Crippen LogP contribution is -2.31. The number of para-hydroxylation sites is 1. The molecule has 1 aromatic rings. The molecule has 0 unspecified atom stereocenters. The lowest BCUT2D eigenvalue weighted by molar-refractivity contribution is -0.116. The molecule has 0 heterocycles. The molecule has 4 N–H and O–H groups in total. The third kappa shape index (κ3) is 2.29. The molecule has 1 amide bonds. The Morgan fingerprint density at radius 1 is 1.57 bits per heavy atom. The van der Waals surface area contributed by atoms with Gasteiger partial charge in [0.15, 0.2) is 0 Å². The second-order valence-electron chi connectivity index (χ2n) is 3.00. The zero-order valence-electron chi connectivity index (χ0n) is 7.83. The van der Waals surface area contributed by atoms with Gasteiger partial charge in [-0.25, -0.2) is 0 Å². The van der Waals surface area contributed by atoms with Crippen LogP contribution in [0.1, 0.15) is 0 Å². The predicted octanol–water partition coefficient (Wildman–Crippen LogP) is 0.844. The first-order valence-electron chi connectivity index (χ1n) is 4.06. The average Bonchev–Trinajstić information content (AvgIpc) is 2.01. The summed E-state index contributed by atoms with van der Waals surface area (Å²) in [5, 5.41) is 0.508. The Bertz CT molecular complexity index is 334. The van der Waals surface area contributed by atoms with Crippen molar-refractivity contribution in [1.82, 2.24) is 0 Å². The molecule has 0 fully saturated rings. The second kappa shape index (κ2) is 4.19. The molecule has 0 aliphatic rings. The van der Waals surface area contributed by atoms with Gasteiger partial charge in [-0.3, -0.25) is 4.79 Å². The number of benzene rings is 1. The van der Waals surface area contributed by atoms with Gasteiger partial charge in [0.1, 0.15) is 0 Å². The normalized spacial score (nSPS) is 9.86. The summed E-state index contributed by atoms with van der Waals surface area (Å²) in [5.41, 5.74) is 11.9. The zero-order valence-corrected chi connectivity index (χ0v) is 8.58. The molecule has 76 valence electrons. The van der Waals surface area contributed by atoms with E-state index in [0.29, 0.717) is 16.4 Å². The standard InChI is InChI=1S/C9H12ClN3O/c1-13(5-8(12)14)9-6(10)3-2-4-7(9)11/h2-4H,5,11H2,1H3,(H2,12,14). The smallest absolute Gasteiger partial charge is 0.236 e. The number of halogens is 1. The number of hydrogen-bond donors (Lipinski definition) is 2. The molecule has 0 aromatic heterocycles. The van der Waals surface area contributed by atoms with Gasteiger partial charge in [-0.1, -0.05) is 17.7 Å². The van der Waals surface area contributed by atoms with E-state index in [1.165, 1.54) is 0 Å². The summed E-state index contributed by atoms with van der Waals surface area (Å²) in [4.78, 5) is 12.3. The van der Waals surface area contributed by atoms with Gasteiger partial charge in [-0.15, -0.1) is 0 Å². The summed E-state index contributed by atoms with van der Waals surface area (Å²) in [7, 11) is 1.71. The first-order valence-corrected chi connectivity index (χ1v) is 4.43. The van der Waals surface area contributed by atoms with Crippen molar-refractivity contribution in [2.75, 3.05) is 24.2 Å². The molecule has 1 aromatic carbocycles. The van der Waals surface area contributed by atoms with Crippen LogP contribution in [0.5, 0.6) is 0 Å². The van der Waals surface area contributed by atoms with Gasteiger partial charge in [-0.05, 0) is 12.1 Å². The van der Waals surface area contributed by atoms with Gasteiger partial charge >= 0.3 is 0 Å². The number of carbonyl (C=O) groups excluding carboxylic acids is 1. The quantitative estimate of drug-likeness (QED) is 0.731. The maximum absolute atomic E-state index is 10.7. The minimum atomic E-state index is -0.424. The molecular formula is C9H12ClN3O. The molecule has 0 spiro atoms. The van der Waals surface area contributed by atoms with Gasteiger partial charge < -0.3 is 16.4 Å². The van der Waals surface area contributed by atoms with Crippen LogP contribution >= 0.6 is 11.6 Å². The van der Waals surface area contributed by atoms with Crippen molar-refractivity contribution in [3.05, 3.63) is 23.2 Å². The van der Waals surface area contributed by atoms with Crippen LogP contribution in [-0.2, 0) is 4.79 Å². The van der Waals surface area contributed by atoms with Crippen molar-refractivity contribution in [1.29, 1.82) is 0 Å². The molecule has 5 heteroatoms. The highest BCUT2D eigenvalue weighted by molar-refractivity contribution is 6.34. The number of hydrogen-bond acceptors (Lipinski definition) is 3. The Balaban J connectivity index is 2.99. The van der Waals surface area contributed by atoms with Crippen LogP contribution in [0.2, 0.25) is 5.02 Å². The van der Waals surface area contributed by atoms with Crippen molar-refractivity contribution in [2.24, 2.45) is 5.73 Å². The number of likely N-dealkylation sites (N-methyl/N-ethyl adjacent to an activating group) is 1. The average molecular weight is 214 g/mol. The number of rotatable bonds is 3. The highest BCUT2D eigenvalue weighted by Crippen LogP contribution is 2.30. The maximum Gasteiger partial charge on any atom is 0.236 e. The predicted molar refractivity (Wildman–Crippen MR) is 58.3 cm³/mol. The molecular weight excluding hydrogens is 202 g/mol. The van der Waals surface area contributed by atoms with E-state index in [1.54, 1.807) is 30.1 Å². The summed E-state index contributed by atoms with van der Waals surface area (Å²) in [6, 6.07) is 5.18. The number of nitrogen functional groups attached to an aromatic ring is 1. The Morgan fingerprint density at radius 3 is 2.71 bits per heavy atom. The number of primary amides is 1. The van der Waals surface area contributed by atoms with E-state index in [-0.39, 0.29) is 6.54 Å². The van der Waals surface area contributed by atoms with Gasteiger partial charge in [0.2, 0.25) is 5.91 Å². The molecule has 4 nitrogen and oxygen atoms in total. The van der Waals surface area contributed by atoms with E-state index in [0.717, 1.165) is 0 Å². The minimum absolute atomic E-state index is 0.0912. The summed E-state index contributed by atoms with van der Waals surface area (Å²) in [6.45, 7) is 0.0912. The van der Waals surface area contributed by atoms with E-state index in [1.807, 2.05) is 0 Å². The van der Waals surface area contributed by atoms with Crippen molar-refractivity contribution >= 4 is 28.9 Å². The molecule has 1 rings (SSSR count). The third-order valence-corrected chi connectivity index (χ3v) is 2.10. The lowest BCUT2D eigenvalue weighted by atomic mass is 10.2. The van der Waals surface area contributed by atoms with E-state index in [2.05, 4.69) is 0 Å². The van der Waals surface area contributed by atoms with Gasteiger partial charge in [0.05, 0.1) is 22.9 Å². The van der Waals surface area contributed by atoms with E-state index in [4.69, 9.17) is 23.1 Å². The molecule has 0 radical (unpaired) electrons. The fourth-order valence-corrected chi connectivity index (χ4v) is 1.57. The van der Waals surface area contributed by atoms with Gasteiger partial charge in [-0.2, -0.15) is 0 Å². The highest BCUT2D eigenvalue weighted by Gasteiger charge is 2.10. The van der Waals surface area contributed by atoms with Gasteiger partial charge in [0.25, 0.3) is 0 Å². The Hall–Kier alpha value is -1.42. The van der Waals surface area contributed by atoms with Crippen molar-refractivity contribution in [3.63, 3.8) is 0 Å². The Kier molecular flexibility index (Phi) is 3.19. The molecule has 0 saturated carbocycles. The Labute approximate surface area is 87.4 Å². The SMILES string of the molecule is CN(CC(N)=O)c1c(N)cccc1Cl. The fourth-order valence-electron chi connectivity index (χ4n) is 1.25. The van der Waals surface area contributed by atoms with Crippen molar-refractivity contribution in [2.45, 2.75) is 0 Å². The number of nitrogens with zero attached hydrogens (tertiary/aromatic N) is 1. The van der Waals surface area contributed by atoms with Crippen molar-refractivity contribution in [3.8, 4) is 0 Å². The second-order valence-corrected chi connectivity index (χ2v) is 3.41. The monoisotopic (exact) mass is 213 g/mol. The van der Waals surface area contributed by atoms with Crippen LogP contribution in [0.15, 0.2) is 18.2 Å². The maximum atomic E-state index is 10.7. The number of nitrogens with two attached hydrogens (primary N) is 2. The summed E-state index contributed by atoms with van der Waals surface area (Å²) >= 11 is 5.93. The zero-order chi connectivity index (χ0) is 10.7. The molecule has 0 aliphatic heterocycles. The van der Waals surface area contributed by atoms with Crippen LogP contribution in [0.4, 0.5) is 11.4 Å². The van der Waals surface area contributed by atoms with Gasteiger partial charge in [0, 0.05) is 7.05 Å². The number of amides is 1. The summed E-state index contributed by atoms with van der Waals surface area (Å²) in [5.74, 6) is -0.424. The molecule has 0 saturated heterocycles. The summed E-state index contributed by atoms with van der Waals surface area (Å²) < 4.78 is 0. The number of carbonyl (C=O) groups is 1. The number of anilines is 2. The molecule has 0 aliphatic carbocycles. The lowest BCUT2D eigenvalue weighted by Gasteiger charge is -2.20. The van der Waals surface area contributed by atoms with Crippen LogP contribution in [0.25, 0.3) is 0 Å². The molecule has 0 bridgehead atoms. The van der Waals surface area contributed by atoms with E-state index < -0.39 is 5.91 Å². The minimum Gasteiger partial charge on any atom is -0.397 e. The third-order valence-electron chi connectivity index (χ3n) is 1.79. The van der Waals surface area contributed by atoms with Crippen LogP contribution in [0, 0.1) is 0 Å². The topological polar surface area (TPSA) is 72.3 Å². The largest absolute Gasteiger partial charge is 0.397 e. The fraction of sp³-hybridized carbons (Fsp3) is 0.222. The van der Waals surface area contributed by atoms with Crippen LogP contribution in [0.3, 0.4) is 0 Å². The van der Waals surface area contributed by atoms with Crippen molar-refractivity contribution < 1.29 is 4.79 Å².